The molecule has 0 aliphatic rings. The molecule has 0 radical (unpaired) electrons. The Morgan fingerprint density at radius 3 is 2.53 bits per heavy atom. The second-order valence-corrected chi connectivity index (χ2v) is 4.63. The predicted octanol–water partition coefficient (Wildman–Crippen LogP) is 4.18. The predicted molar refractivity (Wildman–Crippen MR) is 78.6 cm³/mol. The summed E-state index contributed by atoms with van der Waals surface area (Å²) in [6.07, 6.45) is 5.62. The summed E-state index contributed by atoms with van der Waals surface area (Å²) in [5.74, 6) is 0. The Morgan fingerprint density at radius 1 is 0.737 bits per heavy atom. The number of rotatable bonds is 1. The van der Waals surface area contributed by atoms with Gasteiger partial charge in [-0.05, 0) is 22.2 Å². The summed E-state index contributed by atoms with van der Waals surface area (Å²) >= 11 is 0. The van der Waals surface area contributed by atoms with E-state index in [1.54, 1.807) is 6.20 Å². The van der Waals surface area contributed by atoms with Crippen molar-refractivity contribution in [1.82, 2.24) is 9.55 Å². The van der Waals surface area contributed by atoms with E-state index >= 15 is 0 Å². The maximum absolute atomic E-state index is 4.13. The highest BCUT2D eigenvalue weighted by Crippen LogP contribution is 2.29. The molecule has 1 heterocycles. The Kier molecular flexibility index (Phi) is 2.15. The fraction of sp³-hybridized carbons (Fsp3) is 0. The topological polar surface area (TPSA) is 17.8 Å². The molecule has 0 spiro atoms. The number of aromatic nitrogens is 2. The van der Waals surface area contributed by atoms with Crippen molar-refractivity contribution < 1.29 is 0 Å². The quantitative estimate of drug-likeness (QED) is 0.459. The Labute approximate surface area is 110 Å². The van der Waals surface area contributed by atoms with Crippen molar-refractivity contribution in [2.75, 3.05) is 0 Å². The number of benzene rings is 3. The van der Waals surface area contributed by atoms with E-state index in [9.17, 15) is 0 Å². The minimum absolute atomic E-state index is 1.17. The van der Waals surface area contributed by atoms with E-state index in [4.69, 9.17) is 0 Å². The van der Waals surface area contributed by atoms with Crippen molar-refractivity contribution in [2.24, 2.45) is 0 Å². The molecule has 0 atom stereocenters. The summed E-state index contributed by atoms with van der Waals surface area (Å²) in [6.45, 7) is 0. The number of hydrogen-bond acceptors (Lipinski definition) is 1. The molecule has 4 aromatic rings. The average molecular weight is 244 g/mol. The van der Waals surface area contributed by atoms with Crippen LogP contribution in [0.1, 0.15) is 0 Å². The van der Waals surface area contributed by atoms with E-state index in [0.29, 0.717) is 0 Å². The first kappa shape index (κ1) is 10.3. The van der Waals surface area contributed by atoms with Crippen LogP contribution in [0.5, 0.6) is 0 Å². The summed E-state index contributed by atoms with van der Waals surface area (Å²) in [4.78, 5) is 4.13. The van der Waals surface area contributed by atoms with Gasteiger partial charge in [-0.1, -0.05) is 48.5 Å². The van der Waals surface area contributed by atoms with E-state index in [2.05, 4.69) is 64.1 Å². The van der Waals surface area contributed by atoms with Gasteiger partial charge in [-0.25, -0.2) is 4.98 Å². The van der Waals surface area contributed by atoms with Gasteiger partial charge in [-0.3, -0.25) is 0 Å². The molecule has 0 saturated heterocycles. The fourth-order valence-corrected chi connectivity index (χ4v) is 2.65. The fourth-order valence-electron chi connectivity index (χ4n) is 2.65. The zero-order valence-electron chi connectivity index (χ0n) is 10.3. The molecule has 19 heavy (non-hydrogen) atoms. The highest BCUT2D eigenvalue weighted by molar-refractivity contribution is 6.09. The number of imidazole rings is 1. The lowest BCUT2D eigenvalue weighted by molar-refractivity contribution is 1.07. The maximum atomic E-state index is 4.13. The molecule has 0 aliphatic carbocycles. The minimum atomic E-state index is 1.17. The molecule has 0 bridgehead atoms. The highest BCUT2D eigenvalue weighted by Gasteiger charge is 2.05. The van der Waals surface area contributed by atoms with Gasteiger partial charge < -0.3 is 4.57 Å². The molecular formula is C17H12N2. The first-order chi connectivity index (χ1) is 9.43. The van der Waals surface area contributed by atoms with Crippen LogP contribution in [0.4, 0.5) is 0 Å². The van der Waals surface area contributed by atoms with Crippen LogP contribution < -0.4 is 0 Å². The Morgan fingerprint density at radius 2 is 1.63 bits per heavy atom. The third-order valence-corrected chi connectivity index (χ3v) is 3.55. The van der Waals surface area contributed by atoms with Crippen molar-refractivity contribution in [1.29, 1.82) is 0 Å². The van der Waals surface area contributed by atoms with Gasteiger partial charge in [0.05, 0.1) is 12.0 Å². The van der Waals surface area contributed by atoms with E-state index in [-0.39, 0.29) is 0 Å². The summed E-state index contributed by atoms with van der Waals surface area (Å²) < 4.78 is 2.05. The zero-order valence-corrected chi connectivity index (χ0v) is 10.3. The molecule has 2 heteroatoms. The van der Waals surface area contributed by atoms with E-state index < -0.39 is 0 Å². The molecule has 0 N–H and O–H groups in total. The van der Waals surface area contributed by atoms with Gasteiger partial charge in [0.2, 0.25) is 0 Å². The first-order valence-electron chi connectivity index (χ1n) is 6.32. The lowest BCUT2D eigenvalue weighted by Crippen LogP contribution is -1.91. The average Bonchev–Trinajstić information content (AvgIpc) is 3.00. The third kappa shape index (κ3) is 1.54. The Bertz CT molecular complexity index is 861. The monoisotopic (exact) mass is 244 g/mol. The van der Waals surface area contributed by atoms with Crippen molar-refractivity contribution in [3.63, 3.8) is 0 Å². The van der Waals surface area contributed by atoms with Crippen LogP contribution in [-0.4, -0.2) is 9.55 Å². The van der Waals surface area contributed by atoms with Gasteiger partial charge in [0.15, 0.2) is 0 Å². The van der Waals surface area contributed by atoms with Gasteiger partial charge >= 0.3 is 0 Å². The largest absolute Gasteiger partial charge is 0.306 e. The molecule has 2 nitrogen and oxygen atoms in total. The second kappa shape index (κ2) is 3.95. The number of hydrogen-bond donors (Lipinski definition) is 0. The van der Waals surface area contributed by atoms with Crippen LogP contribution in [0.25, 0.3) is 27.2 Å². The van der Waals surface area contributed by atoms with Crippen LogP contribution in [0.15, 0.2) is 73.3 Å². The summed E-state index contributed by atoms with van der Waals surface area (Å²) in [5.41, 5.74) is 1.17. The molecule has 0 unspecified atom stereocenters. The van der Waals surface area contributed by atoms with Crippen molar-refractivity contribution in [3.05, 3.63) is 73.3 Å². The summed E-state index contributed by atoms with van der Waals surface area (Å²) in [5, 5.41) is 5.10. The van der Waals surface area contributed by atoms with Crippen LogP contribution in [0, 0.1) is 0 Å². The molecular weight excluding hydrogens is 232 g/mol. The minimum Gasteiger partial charge on any atom is -0.306 e. The van der Waals surface area contributed by atoms with Crippen molar-refractivity contribution in [3.8, 4) is 5.69 Å². The van der Waals surface area contributed by atoms with Gasteiger partial charge in [0.25, 0.3) is 0 Å². The maximum Gasteiger partial charge on any atom is 0.0991 e. The SMILES string of the molecule is c1ccc2c(c1)ccc1c(-n3ccnc3)cccc12. The van der Waals surface area contributed by atoms with Gasteiger partial charge in [0, 0.05) is 17.8 Å². The molecule has 0 fully saturated rings. The highest BCUT2D eigenvalue weighted by atomic mass is 15.0. The molecule has 90 valence electrons. The van der Waals surface area contributed by atoms with Crippen LogP contribution in [0.3, 0.4) is 0 Å². The first-order valence-corrected chi connectivity index (χ1v) is 6.32. The van der Waals surface area contributed by atoms with E-state index in [0.717, 1.165) is 0 Å². The van der Waals surface area contributed by atoms with Crippen LogP contribution in [0.2, 0.25) is 0 Å². The standard InChI is InChI=1S/C17H12N2/c1-2-5-14-13(4-1)8-9-16-15(14)6-3-7-17(16)19-11-10-18-12-19/h1-12H. The van der Waals surface area contributed by atoms with Crippen molar-refractivity contribution in [2.45, 2.75) is 0 Å². The molecule has 3 aromatic carbocycles. The van der Waals surface area contributed by atoms with Crippen LogP contribution >= 0.6 is 0 Å². The Balaban J connectivity index is 2.15. The van der Waals surface area contributed by atoms with Gasteiger partial charge in [-0.2, -0.15) is 0 Å². The van der Waals surface area contributed by atoms with E-state index in [1.165, 1.54) is 27.2 Å². The van der Waals surface area contributed by atoms with Crippen LogP contribution in [-0.2, 0) is 0 Å². The lowest BCUT2D eigenvalue weighted by atomic mass is 10.0. The lowest BCUT2D eigenvalue weighted by Gasteiger charge is -2.09. The second-order valence-electron chi connectivity index (χ2n) is 4.63. The summed E-state index contributed by atoms with van der Waals surface area (Å²) in [6, 6.07) is 19.3. The summed E-state index contributed by atoms with van der Waals surface area (Å²) in [7, 11) is 0. The zero-order chi connectivity index (χ0) is 12.7. The Hall–Kier alpha value is -2.61. The molecule has 1 aromatic heterocycles. The number of nitrogens with zero attached hydrogens (tertiary/aromatic N) is 2. The molecule has 0 aliphatic heterocycles. The molecule has 0 amide bonds. The van der Waals surface area contributed by atoms with Gasteiger partial charge in [0.1, 0.15) is 0 Å². The normalized spacial score (nSPS) is 11.2. The van der Waals surface area contributed by atoms with Gasteiger partial charge in [-0.15, -0.1) is 0 Å². The molecule has 0 saturated carbocycles. The van der Waals surface area contributed by atoms with E-state index in [1.807, 2.05) is 12.5 Å². The smallest absolute Gasteiger partial charge is 0.0991 e. The molecule has 4 rings (SSSR count). The van der Waals surface area contributed by atoms with Crippen molar-refractivity contribution >= 4 is 21.5 Å². The number of fused-ring (bicyclic) bond motifs is 3. The third-order valence-electron chi connectivity index (χ3n) is 3.55.